The average molecular weight is 343 g/mol. The average Bonchev–Trinajstić information content (AvgIpc) is 2.61. The Labute approximate surface area is 153 Å². The van der Waals surface area contributed by atoms with Gasteiger partial charge < -0.3 is 5.11 Å². The molecule has 0 heterocycles. The number of carboxylic acids is 1. The van der Waals surface area contributed by atoms with Crippen molar-refractivity contribution < 1.29 is 9.90 Å². The van der Waals surface area contributed by atoms with Gasteiger partial charge in [-0.05, 0) is 66.9 Å². The molecule has 0 amide bonds. The standard InChI is InChI=1S/C23H34O2/c1-18(16-22(24)25)21-11-9-19(10-12-21)7-8-20-6-5-15-23(17-20)13-3-2-4-14-23/h9-12,18,20H,2-8,13-17H2,1H3,(H,24,25). The lowest BCUT2D eigenvalue weighted by molar-refractivity contribution is -0.137. The highest BCUT2D eigenvalue weighted by Gasteiger charge is 2.36. The van der Waals surface area contributed by atoms with Gasteiger partial charge in [0.1, 0.15) is 0 Å². The first-order chi connectivity index (χ1) is 12.1. The minimum Gasteiger partial charge on any atom is -0.481 e. The Morgan fingerprint density at radius 2 is 1.80 bits per heavy atom. The molecule has 0 aliphatic heterocycles. The summed E-state index contributed by atoms with van der Waals surface area (Å²) in [5, 5.41) is 8.93. The fraction of sp³-hybridized carbons (Fsp3) is 0.696. The lowest BCUT2D eigenvalue weighted by Gasteiger charge is -2.44. The fourth-order valence-corrected chi connectivity index (χ4v) is 5.35. The van der Waals surface area contributed by atoms with Gasteiger partial charge in [0.2, 0.25) is 0 Å². The zero-order valence-electron chi connectivity index (χ0n) is 15.8. The molecule has 0 radical (unpaired) electrons. The number of rotatable bonds is 6. The van der Waals surface area contributed by atoms with E-state index in [1.54, 1.807) is 0 Å². The molecule has 2 nitrogen and oxygen atoms in total. The number of carbonyl (C=O) groups is 1. The van der Waals surface area contributed by atoms with Crippen LogP contribution in [-0.2, 0) is 11.2 Å². The second-order valence-corrected chi connectivity index (χ2v) is 8.80. The third kappa shape index (κ3) is 5.09. The first-order valence-corrected chi connectivity index (χ1v) is 10.4. The van der Waals surface area contributed by atoms with E-state index >= 15 is 0 Å². The Balaban J connectivity index is 1.50. The second kappa shape index (κ2) is 8.38. The molecule has 2 aliphatic rings. The normalized spacial score (nSPS) is 24.1. The summed E-state index contributed by atoms with van der Waals surface area (Å²) in [6.45, 7) is 1.99. The lowest BCUT2D eigenvalue weighted by Crippen LogP contribution is -2.31. The van der Waals surface area contributed by atoms with Crippen LogP contribution in [0.4, 0.5) is 0 Å². The molecule has 2 aliphatic carbocycles. The van der Waals surface area contributed by atoms with E-state index in [1.165, 1.54) is 76.2 Å². The molecule has 2 heteroatoms. The van der Waals surface area contributed by atoms with E-state index in [0.29, 0.717) is 5.41 Å². The highest BCUT2D eigenvalue weighted by Crippen LogP contribution is 2.50. The monoisotopic (exact) mass is 342 g/mol. The maximum atomic E-state index is 10.9. The Hall–Kier alpha value is -1.31. The molecule has 1 aromatic rings. The van der Waals surface area contributed by atoms with Gasteiger partial charge in [-0.15, -0.1) is 0 Å². The molecular formula is C23H34O2. The van der Waals surface area contributed by atoms with Crippen LogP contribution in [0.5, 0.6) is 0 Å². The summed E-state index contributed by atoms with van der Waals surface area (Å²) in [6.07, 6.45) is 15.9. The molecule has 0 aromatic heterocycles. The van der Waals surface area contributed by atoms with Crippen LogP contribution < -0.4 is 0 Å². The third-order valence-electron chi connectivity index (χ3n) is 6.83. The van der Waals surface area contributed by atoms with E-state index in [-0.39, 0.29) is 12.3 Å². The molecule has 0 bridgehead atoms. The van der Waals surface area contributed by atoms with Crippen molar-refractivity contribution >= 4 is 5.97 Å². The van der Waals surface area contributed by atoms with E-state index in [4.69, 9.17) is 5.11 Å². The first-order valence-electron chi connectivity index (χ1n) is 10.4. The third-order valence-corrected chi connectivity index (χ3v) is 6.83. The summed E-state index contributed by atoms with van der Waals surface area (Å²) in [4.78, 5) is 10.9. The Morgan fingerprint density at radius 1 is 1.12 bits per heavy atom. The van der Waals surface area contributed by atoms with E-state index < -0.39 is 5.97 Å². The summed E-state index contributed by atoms with van der Waals surface area (Å²) in [5.74, 6) is 0.291. The first kappa shape index (κ1) is 18.5. The van der Waals surface area contributed by atoms with Crippen LogP contribution in [-0.4, -0.2) is 11.1 Å². The van der Waals surface area contributed by atoms with Crippen molar-refractivity contribution in [3.05, 3.63) is 35.4 Å². The van der Waals surface area contributed by atoms with Gasteiger partial charge in [0.05, 0.1) is 6.42 Å². The van der Waals surface area contributed by atoms with Gasteiger partial charge in [-0.3, -0.25) is 4.79 Å². The highest BCUT2D eigenvalue weighted by molar-refractivity contribution is 5.67. The topological polar surface area (TPSA) is 37.3 Å². The van der Waals surface area contributed by atoms with Gasteiger partial charge in [0, 0.05) is 0 Å². The van der Waals surface area contributed by atoms with Crippen molar-refractivity contribution in [3.63, 3.8) is 0 Å². The van der Waals surface area contributed by atoms with Gasteiger partial charge in [-0.1, -0.05) is 63.3 Å². The highest BCUT2D eigenvalue weighted by atomic mass is 16.4. The molecule has 2 atom stereocenters. The van der Waals surface area contributed by atoms with Crippen molar-refractivity contribution in [1.82, 2.24) is 0 Å². The Morgan fingerprint density at radius 3 is 2.48 bits per heavy atom. The molecule has 25 heavy (non-hydrogen) atoms. The second-order valence-electron chi connectivity index (χ2n) is 8.80. The molecule has 1 aromatic carbocycles. The molecule has 2 saturated carbocycles. The number of carboxylic acid groups (broad SMARTS) is 1. The van der Waals surface area contributed by atoms with Crippen LogP contribution in [0.15, 0.2) is 24.3 Å². The van der Waals surface area contributed by atoms with Gasteiger partial charge in [0.25, 0.3) is 0 Å². The number of hydrogen-bond donors (Lipinski definition) is 1. The van der Waals surface area contributed by atoms with Crippen LogP contribution in [0.3, 0.4) is 0 Å². The van der Waals surface area contributed by atoms with Crippen LogP contribution in [0.25, 0.3) is 0 Å². The zero-order valence-corrected chi connectivity index (χ0v) is 15.8. The number of aryl methyl sites for hydroxylation is 1. The van der Waals surface area contributed by atoms with Crippen LogP contribution in [0.1, 0.15) is 94.6 Å². The zero-order chi connectivity index (χ0) is 17.7. The fourth-order valence-electron chi connectivity index (χ4n) is 5.35. The molecule has 1 N–H and O–H groups in total. The summed E-state index contributed by atoms with van der Waals surface area (Å²) >= 11 is 0. The predicted octanol–water partition coefficient (Wildman–Crippen LogP) is 6.34. The molecule has 2 fully saturated rings. The van der Waals surface area contributed by atoms with Crippen molar-refractivity contribution in [2.75, 3.05) is 0 Å². The van der Waals surface area contributed by atoms with E-state index in [2.05, 4.69) is 24.3 Å². The number of aliphatic carboxylic acids is 1. The quantitative estimate of drug-likeness (QED) is 0.655. The van der Waals surface area contributed by atoms with Crippen molar-refractivity contribution in [3.8, 4) is 0 Å². The molecule has 2 unspecified atom stereocenters. The van der Waals surface area contributed by atoms with E-state index in [1.807, 2.05) is 6.92 Å². The van der Waals surface area contributed by atoms with E-state index in [9.17, 15) is 4.79 Å². The maximum Gasteiger partial charge on any atom is 0.303 e. The maximum absolute atomic E-state index is 10.9. The van der Waals surface area contributed by atoms with Crippen LogP contribution >= 0.6 is 0 Å². The van der Waals surface area contributed by atoms with Gasteiger partial charge in [0.15, 0.2) is 0 Å². The van der Waals surface area contributed by atoms with Gasteiger partial charge in [-0.25, -0.2) is 0 Å². The summed E-state index contributed by atoms with van der Waals surface area (Å²) in [5.41, 5.74) is 3.26. The van der Waals surface area contributed by atoms with Crippen LogP contribution in [0, 0.1) is 11.3 Å². The number of hydrogen-bond acceptors (Lipinski definition) is 1. The summed E-state index contributed by atoms with van der Waals surface area (Å²) in [6, 6.07) is 8.69. The molecule has 1 spiro atoms. The van der Waals surface area contributed by atoms with Gasteiger partial charge >= 0.3 is 5.97 Å². The summed E-state index contributed by atoms with van der Waals surface area (Å²) < 4.78 is 0. The van der Waals surface area contributed by atoms with Crippen molar-refractivity contribution in [2.24, 2.45) is 11.3 Å². The molecule has 3 rings (SSSR count). The molecule has 138 valence electrons. The molecular weight excluding hydrogens is 308 g/mol. The minimum atomic E-state index is -0.717. The lowest BCUT2D eigenvalue weighted by atomic mass is 9.62. The number of benzene rings is 1. The van der Waals surface area contributed by atoms with Crippen LogP contribution in [0.2, 0.25) is 0 Å². The SMILES string of the molecule is CC(CC(=O)O)c1ccc(CCC2CCCC3(CCCCC3)C2)cc1. The van der Waals surface area contributed by atoms with E-state index in [0.717, 1.165) is 11.5 Å². The Bertz CT molecular complexity index is 548. The van der Waals surface area contributed by atoms with Crippen molar-refractivity contribution in [2.45, 2.75) is 89.9 Å². The molecule has 0 saturated heterocycles. The predicted molar refractivity (Wildman–Crippen MR) is 103 cm³/mol. The largest absolute Gasteiger partial charge is 0.481 e. The van der Waals surface area contributed by atoms with Crippen molar-refractivity contribution in [1.29, 1.82) is 0 Å². The smallest absolute Gasteiger partial charge is 0.303 e. The Kier molecular flexibility index (Phi) is 6.19. The summed E-state index contributed by atoms with van der Waals surface area (Å²) in [7, 11) is 0. The van der Waals surface area contributed by atoms with Gasteiger partial charge in [-0.2, -0.15) is 0 Å². The minimum absolute atomic E-state index is 0.0936.